The molecule has 0 N–H and O–H groups in total. The lowest BCUT2D eigenvalue weighted by Crippen LogP contribution is -2.00. The number of hydrogen-bond donors (Lipinski definition) is 0. The van der Waals surface area contributed by atoms with E-state index >= 15 is 0 Å². The molecule has 278 valence electrons. The lowest BCUT2D eigenvalue weighted by molar-refractivity contribution is 0.484. The molecule has 0 spiro atoms. The highest BCUT2D eigenvalue weighted by Gasteiger charge is 2.19. The van der Waals surface area contributed by atoms with Crippen molar-refractivity contribution in [1.29, 1.82) is 0 Å². The molecule has 6 aromatic heterocycles. The molecule has 0 aliphatic rings. The van der Waals surface area contributed by atoms with E-state index in [2.05, 4.69) is 65.5 Å². The van der Waals surface area contributed by atoms with Gasteiger partial charge in [0.15, 0.2) is 0 Å². The van der Waals surface area contributed by atoms with E-state index < -0.39 is 0 Å². The van der Waals surface area contributed by atoms with Crippen molar-refractivity contribution in [2.24, 2.45) is 0 Å². The van der Waals surface area contributed by atoms with Crippen molar-refractivity contribution < 1.29 is 12.2 Å². The average Bonchev–Trinajstić information content (AvgIpc) is 3.91. The van der Waals surface area contributed by atoms with E-state index in [1.54, 1.807) is 12.4 Å². The molecule has 0 fully saturated rings. The van der Waals surface area contributed by atoms with E-state index in [0.717, 1.165) is 77.1 Å². The Labute approximate surface area is 339 Å². The lowest BCUT2D eigenvalue weighted by atomic mass is 10.1. The Hall–Kier alpha value is -8.30. The molecule has 0 saturated carbocycles. The van der Waals surface area contributed by atoms with Gasteiger partial charge >= 0.3 is 0 Å². The summed E-state index contributed by atoms with van der Waals surface area (Å²) in [6.07, 6.45) is 3.48. The highest BCUT2D eigenvalue weighted by molar-refractivity contribution is 6.11. The van der Waals surface area contributed by atoms with Crippen molar-refractivity contribution in [2.75, 3.05) is 0 Å². The standard InChI is InChI=1S/C50H31N7O2/c1-3-12-42-36(10-1)38-20-16-32(28-44(38)55(42)48-14-5-7-24-51-48)58-34-18-22-40-41-23-19-35(31-47(41)57(46(40)30-34)50-53-26-9-27-54-50)59-33-17-21-39-37-11-2-4-13-43(37)56(45(39)29-33)49-15-6-8-25-52-49/h1-31H/i26D,27D. The molecule has 12 aromatic rings. The fourth-order valence-corrected chi connectivity index (χ4v) is 8.42. The van der Waals surface area contributed by atoms with Crippen LogP contribution in [0.15, 0.2) is 189 Å². The molecule has 59 heavy (non-hydrogen) atoms. The Morgan fingerprint density at radius 2 is 0.712 bits per heavy atom. The van der Waals surface area contributed by atoms with Crippen molar-refractivity contribution in [2.45, 2.75) is 0 Å². The normalized spacial score (nSPS) is 12.2. The summed E-state index contributed by atoms with van der Waals surface area (Å²) in [5.41, 5.74) is 5.56. The first-order valence-corrected chi connectivity index (χ1v) is 19.2. The number of benzene rings is 6. The third-order valence-corrected chi connectivity index (χ3v) is 10.9. The zero-order valence-corrected chi connectivity index (χ0v) is 31.2. The Morgan fingerprint density at radius 1 is 0.339 bits per heavy atom. The molecule has 6 heterocycles. The molecule has 0 bridgehead atoms. The Morgan fingerprint density at radius 3 is 1.12 bits per heavy atom. The zero-order chi connectivity index (χ0) is 40.6. The number of para-hydroxylation sites is 2. The topological polar surface area (TPSA) is 84.8 Å². The highest BCUT2D eigenvalue weighted by Crippen LogP contribution is 2.40. The van der Waals surface area contributed by atoms with Crippen LogP contribution in [-0.2, 0) is 0 Å². The van der Waals surface area contributed by atoms with Gasteiger partial charge in [0.2, 0.25) is 5.95 Å². The molecule has 9 heteroatoms. The zero-order valence-electron chi connectivity index (χ0n) is 33.2. The first-order valence-electron chi connectivity index (χ1n) is 20.2. The van der Waals surface area contributed by atoms with Gasteiger partial charge in [-0.05, 0) is 91.0 Å². The van der Waals surface area contributed by atoms with E-state index in [1.807, 2.05) is 126 Å². The molecule has 0 unspecified atom stereocenters. The van der Waals surface area contributed by atoms with E-state index in [4.69, 9.17) is 12.2 Å². The monoisotopic (exact) mass is 763 g/mol. The van der Waals surface area contributed by atoms with Gasteiger partial charge in [0.1, 0.15) is 34.6 Å². The predicted octanol–water partition coefficient (Wildman–Crippen LogP) is 12.1. The molecular weight excluding hydrogens is 731 g/mol. The van der Waals surface area contributed by atoms with Crippen molar-refractivity contribution in [3.63, 3.8) is 0 Å². The van der Waals surface area contributed by atoms with Gasteiger partial charge in [-0.1, -0.05) is 48.5 Å². The number of fused-ring (bicyclic) bond motifs is 9. The molecule has 9 nitrogen and oxygen atoms in total. The second-order valence-electron chi connectivity index (χ2n) is 14.3. The van der Waals surface area contributed by atoms with Crippen LogP contribution in [0.5, 0.6) is 23.0 Å². The molecule has 0 aliphatic carbocycles. The molecule has 0 radical (unpaired) electrons. The number of pyridine rings is 2. The third kappa shape index (κ3) is 5.33. The van der Waals surface area contributed by atoms with Gasteiger partial charge in [0.25, 0.3) is 0 Å². The van der Waals surface area contributed by atoms with Gasteiger partial charge in [-0.25, -0.2) is 19.9 Å². The summed E-state index contributed by atoms with van der Waals surface area (Å²) in [5.74, 6) is 4.34. The second-order valence-corrected chi connectivity index (χ2v) is 14.3. The van der Waals surface area contributed by atoms with Crippen LogP contribution >= 0.6 is 0 Å². The number of aromatic nitrogens is 7. The quantitative estimate of drug-likeness (QED) is 0.161. The van der Waals surface area contributed by atoms with E-state index in [-0.39, 0.29) is 18.3 Å². The second kappa shape index (κ2) is 13.1. The summed E-state index contributed by atoms with van der Waals surface area (Å²) in [4.78, 5) is 18.3. The Kier molecular flexibility index (Phi) is 6.88. The van der Waals surface area contributed by atoms with E-state index in [0.29, 0.717) is 23.0 Å². The maximum atomic E-state index is 8.40. The molecular formula is C50H31N7O2. The first kappa shape index (κ1) is 30.9. The van der Waals surface area contributed by atoms with Gasteiger partial charge in [0, 0.05) is 81.3 Å². The minimum atomic E-state index is -0.0574. The van der Waals surface area contributed by atoms with Gasteiger partial charge in [-0.15, -0.1) is 0 Å². The van der Waals surface area contributed by atoms with Gasteiger partial charge in [0.05, 0.1) is 35.8 Å². The van der Waals surface area contributed by atoms with Crippen molar-refractivity contribution in [3.8, 4) is 40.6 Å². The van der Waals surface area contributed by atoms with Gasteiger partial charge in [-0.3, -0.25) is 13.7 Å². The average molecular weight is 764 g/mol. The van der Waals surface area contributed by atoms with Crippen LogP contribution in [0, 0.1) is 0 Å². The van der Waals surface area contributed by atoms with Crippen LogP contribution in [0.2, 0.25) is 0 Å². The molecule has 6 aromatic carbocycles. The first-order chi connectivity index (χ1) is 30.0. The van der Waals surface area contributed by atoms with Crippen molar-refractivity contribution >= 4 is 65.4 Å². The largest absolute Gasteiger partial charge is 0.457 e. The van der Waals surface area contributed by atoms with Crippen molar-refractivity contribution in [3.05, 3.63) is 189 Å². The minimum absolute atomic E-state index is 0.0574. The van der Waals surface area contributed by atoms with Gasteiger partial charge < -0.3 is 9.47 Å². The maximum absolute atomic E-state index is 8.40. The fourth-order valence-electron chi connectivity index (χ4n) is 8.42. The summed E-state index contributed by atoms with van der Waals surface area (Å²) in [5, 5.41) is 6.29. The third-order valence-electron chi connectivity index (χ3n) is 10.9. The molecule has 0 aliphatic heterocycles. The molecule has 12 rings (SSSR count). The SMILES string of the molecule is [2H]c1cc([2H])nc(-n2c3cc(Oc4ccc5c6ccccc6n(-c6ccccn6)c5c4)ccc3c3ccc(Oc4ccc5c6ccccc6n(-c6ccccn6)c5c4)cc32)n1. The molecule has 0 atom stereocenters. The smallest absolute Gasteiger partial charge is 0.234 e. The van der Waals surface area contributed by atoms with Crippen molar-refractivity contribution in [1.82, 2.24) is 33.6 Å². The van der Waals surface area contributed by atoms with Gasteiger partial charge in [-0.2, -0.15) is 0 Å². The number of rotatable bonds is 7. The van der Waals surface area contributed by atoms with Crippen LogP contribution < -0.4 is 9.47 Å². The summed E-state index contributed by atoms with van der Waals surface area (Å²) >= 11 is 0. The number of ether oxygens (including phenoxy) is 2. The Bertz CT molecular complexity index is 3460. The van der Waals surface area contributed by atoms with Crippen LogP contribution in [0.25, 0.3) is 83.0 Å². The van der Waals surface area contributed by atoms with E-state index in [9.17, 15) is 0 Å². The minimum Gasteiger partial charge on any atom is -0.457 e. The predicted molar refractivity (Wildman–Crippen MR) is 234 cm³/mol. The summed E-state index contributed by atoms with van der Waals surface area (Å²) in [7, 11) is 0. The lowest BCUT2D eigenvalue weighted by Gasteiger charge is -2.10. The summed E-state index contributed by atoms with van der Waals surface area (Å²) in [6, 6.07) is 53.8. The van der Waals surface area contributed by atoms with E-state index in [1.165, 1.54) is 6.07 Å². The highest BCUT2D eigenvalue weighted by atomic mass is 16.5. The maximum Gasteiger partial charge on any atom is 0.234 e. The van der Waals surface area contributed by atoms with Crippen LogP contribution in [-0.4, -0.2) is 33.6 Å². The summed E-state index contributed by atoms with van der Waals surface area (Å²) in [6.45, 7) is 0. The fraction of sp³-hybridized carbons (Fsp3) is 0. The molecule has 0 amide bonds. The van der Waals surface area contributed by atoms with Crippen LogP contribution in [0.1, 0.15) is 2.74 Å². The van der Waals surface area contributed by atoms with Crippen LogP contribution in [0.3, 0.4) is 0 Å². The number of nitrogens with zero attached hydrogens (tertiary/aromatic N) is 7. The Balaban J connectivity index is 0.972. The molecule has 0 saturated heterocycles. The number of hydrogen-bond acceptors (Lipinski definition) is 6. The van der Waals surface area contributed by atoms with Crippen LogP contribution in [0.4, 0.5) is 0 Å². The summed E-state index contributed by atoms with van der Waals surface area (Å²) < 4.78 is 36.2.